The molecule has 1 aromatic carbocycles. The van der Waals surface area contributed by atoms with Gasteiger partial charge >= 0.3 is 6.09 Å². The molecule has 4 nitrogen and oxygen atoms in total. The highest BCUT2D eigenvalue weighted by molar-refractivity contribution is 5.67. The summed E-state index contributed by atoms with van der Waals surface area (Å²) in [6.07, 6.45) is -0.345. The Morgan fingerprint density at radius 3 is 2.81 bits per heavy atom. The van der Waals surface area contributed by atoms with Gasteiger partial charge in [0.25, 0.3) is 0 Å². The normalized spacial score (nSPS) is 23.3. The van der Waals surface area contributed by atoms with E-state index >= 15 is 0 Å². The fraction of sp³-hybridized carbons (Fsp3) is 0.417. The number of alkyl carbamates (subject to hydrolysis) is 1. The number of ether oxygens (including phenoxy) is 1. The highest BCUT2D eigenvalue weighted by atomic mass is 16.5. The van der Waals surface area contributed by atoms with Gasteiger partial charge in [0.05, 0.1) is 6.04 Å². The Hall–Kier alpha value is -1.55. The molecule has 16 heavy (non-hydrogen) atoms. The maximum Gasteiger partial charge on any atom is 0.407 e. The van der Waals surface area contributed by atoms with Gasteiger partial charge in [0.2, 0.25) is 0 Å². The van der Waals surface area contributed by atoms with E-state index in [0.717, 1.165) is 12.1 Å². The van der Waals surface area contributed by atoms with Gasteiger partial charge in [0.1, 0.15) is 6.61 Å². The first-order valence-corrected chi connectivity index (χ1v) is 5.46. The lowest BCUT2D eigenvalue weighted by atomic mass is 10.0. The molecule has 2 rings (SSSR count). The van der Waals surface area contributed by atoms with Crippen LogP contribution in [0.2, 0.25) is 0 Å². The molecular formula is C12H16N2O2. The van der Waals surface area contributed by atoms with Crippen molar-refractivity contribution in [1.29, 1.82) is 0 Å². The first-order valence-electron chi connectivity index (χ1n) is 5.46. The summed E-state index contributed by atoms with van der Waals surface area (Å²) in [6, 6.07) is 10.2. The number of hydrogen-bond acceptors (Lipinski definition) is 3. The van der Waals surface area contributed by atoms with Crippen LogP contribution in [0.25, 0.3) is 0 Å². The number of carbonyl (C=O) groups excluding carboxylic acids is 1. The summed E-state index contributed by atoms with van der Waals surface area (Å²) in [5.74, 6) is 0. The first-order chi connectivity index (χ1) is 7.75. The second-order valence-electron chi connectivity index (χ2n) is 4.01. The van der Waals surface area contributed by atoms with Crippen molar-refractivity contribution in [3.05, 3.63) is 35.9 Å². The lowest BCUT2D eigenvalue weighted by molar-refractivity contribution is 0.127. The summed E-state index contributed by atoms with van der Waals surface area (Å²) in [5.41, 5.74) is 0.998. The summed E-state index contributed by atoms with van der Waals surface area (Å²) in [6.45, 7) is 3.18. The van der Waals surface area contributed by atoms with Crippen LogP contribution in [0, 0.1) is 0 Å². The zero-order valence-corrected chi connectivity index (χ0v) is 9.27. The molecule has 1 heterocycles. The molecule has 0 bridgehead atoms. The van der Waals surface area contributed by atoms with Crippen LogP contribution in [0.5, 0.6) is 0 Å². The second kappa shape index (κ2) is 4.99. The van der Waals surface area contributed by atoms with E-state index in [4.69, 9.17) is 4.74 Å². The van der Waals surface area contributed by atoms with E-state index in [1.54, 1.807) is 0 Å². The molecule has 0 unspecified atom stereocenters. The summed E-state index contributed by atoms with van der Waals surface area (Å²) in [7, 11) is 0. The molecule has 0 aromatic heterocycles. The van der Waals surface area contributed by atoms with Crippen LogP contribution >= 0.6 is 0 Å². The van der Waals surface area contributed by atoms with Crippen molar-refractivity contribution < 1.29 is 9.53 Å². The van der Waals surface area contributed by atoms with Gasteiger partial charge in [-0.05, 0) is 12.5 Å². The molecule has 0 saturated carbocycles. The first kappa shape index (κ1) is 11.0. The SMILES string of the molecule is C[C@H]1NC[C@H]1NC(=O)OCc1ccccc1. The molecule has 1 aromatic rings. The molecule has 2 N–H and O–H groups in total. The molecule has 0 aliphatic carbocycles. The van der Waals surface area contributed by atoms with Crippen molar-refractivity contribution in [2.45, 2.75) is 25.6 Å². The highest BCUT2D eigenvalue weighted by Gasteiger charge is 2.27. The molecule has 1 saturated heterocycles. The largest absolute Gasteiger partial charge is 0.445 e. The zero-order chi connectivity index (χ0) is 11.4. The Morgan fingerprint density at radius 1 is 1.50 bits per heavy atom. The van der Waals surface area contributed by atoms with Gasteiger partial charge in [0.15, 0.2) is 0 Å². The minimum atomic E-state index is -0.345. The molecular weight excluding hydrogens is 204 g/mol. The Morgan fingerprint density at radius 2 is 2.25 bits per heavy atom. The van der Waals surface area contributed by atoms with E-state index in [-0.39, 0.29) is 12.1 Å². The van der Waals surface area contributed by atoms with Crippen molar-refractivity contribution >= 4 is 6.09 Å². The van der Waals surface area contributed by atoms with E-state index in [0.29, 0.717) is 12.6 Å². The summed E-state index contributed by atoms with van der Waals surface area (Å²) in [4.78, 5) is 11.4. The Bertz CT molecular complexity index is 353. The van der Waals surface area contributed by atoms with Crippen LogP contribution in [-0.2, 0) is 11.3 Å². The number of benzene rings is 1. The third-order valence-electron chi connectivity index (χ3n) is 2.78. The molecule has 0 radical (unpaired) electrons. The maximum absolute atomic E-state index is 11.4. The van der Waals surface area contributed by atoms with Gasteiger partial charge < -0.3 is 15.4 Å². The molecule has 1 fully saturated rings. The van der Waals surface area contributed by atoms with E-state index in [9.17, 15) is 4.79 Å². The zero-order valence-electron chi connectivity index (χ0n) is 9.27. The van der Waals surface area contributed by atoms with Gasteiger partial charge in [-0.3, -0.25) is 0 Å². The molecule has 1 aliphatic rings. The van der Waals surface area contributed by atoms with Gasteiger partial charge in [0, 0.05) is 12.6 Å². The van der Waals surface area contributed by atoms with E-state index in [2.05, 4.69) is 10.6 Å². The van der Waals surface area contributed by atoms with E-state index in [1.165, 1.54) is 0 Å². The number of carbonyl (C=O) groups is 1. The predicted molar refractivity (Wildman–Crippen MR) is 61.0 cm³/mol. The lowest BCUT2D eigenvalue weighted by Gasteiger charge is -2.35. The molecule has 1 amide bonds. The van der Waals surface area contributed by atoms with Gasteiger partial charge in [-0.25, -0.2) is 4.79 Å². The predicted octanol–water partition coefficient (Wildman–Crippen LogP) is 1.27. The number of hydrogen-bond donors (Lipinski definition) is 2. The molecule has 1 aliphatic heterocycles. The minimum Gasteiger partial charge on any atom is -0.445 e. The molecule has 2 atom stereocenters. The molecule has 86 valence electrons. The second-order valence-corrected chi connectivity index (χ2v) is 4.01. The van der Waals surface area contributed by atoms with E-state index < -0.39 is 0 Å². The van der Waals surface area contributed by atoms with Crippen molar-refractivity contribution in [3.8, 4) is 0 Å². The standard InChI is InChI=1S/C12H16N2O2/c1-9-11(7-13-9)14-12(15)16-8-10-5-3-2-4-6-10/h2-6,9,11,13H,7-8H2,1H3,(H,14,15)/t9-,11-/m1/s1. The van der Waals surface area contributed by atoms with Crippen LogP contribution in [0.4, 0.5) is 4.79 Å². The van der Waals surface area contributed by atoms with Crippen LogP contribution in [-0.4, -0.2) is 24.7 Å². The maximum atomic E-state index is 11.4. The molecule has 4 heteroatoms. The summed E-state index contributed by atoms with van der Waals surface area (Å²) >= 11 is 0. The van der Waals surface area contributed by atoms with Gasteiger partial charge in [-0.1, -0.05) is 30.3 Å². The van der Waals surface area contributed by atoms with Crippen molar-refractivity contribution in [2.75, 3.05) is 6.54 Å². The Balaban J connectivity index is 1.72. The average Bonchev–Trinajstić information content (AvgIpc) is 2.33. The van der Waals surface area contributed by atoms with Gasteiger partial charge in [-0.2, -0.15) is 0 Å². The topological polar surface area (TPSA) is 50.4 Å². The van der Waals surface area contributed by atoms with E-state index in [1.807, 2.05) is 37.3 Å². The highest BCUT2D eigenvalue weighted by Crippen LogP contribution is 2.04. The fourth-order valence-electron chi connectivity index (χ4n) is 1.56. The quantitative estimate of drug-likeness (QED) is 0.806. The Kier molecular flexibility index (Phi) is 3.41. The number of amides is 1. The van der Waals surface area contributed by atoms with Crippen molar-refractivity contribution in [1.82, 2.24) is 10.6 Å². The Labute approximate surface area is 95.0 Å². The third kappa shape index (κ3) is 2.73. The van der Waals surface area contributed by atoms with Crippen LogP contribution in [0.1, 0.15) is 12.5 Å². The minimum absolute atomic E-state index is 0.197. The van der Waals surface area contributed by atoms with Crippen molar-refractivity contribution in [3.63, 3.8) is 0 Å². The monoisotopic (exact) mass is 220 g/mol. The fourth-order valence-corrected chi connectivity index (χ4v) is 1.56. The van der Waals surface area contributed by atoms with Crippen molar-refractivity contribution in [2.24, 2.45) is 0 Å². The van der Waals surface area contributed by atoms with Crippen LogP contribution in [0.3, 0.4) is 0 Å². The summed E-state index contributed by atoms with van der Waals surface area (Å²) in [5, 5.41) is 5.98. The van der Waals surface area contributed by atoms with Crippen LogP contribution < -0.4 is 10.6 Å². The third-order valence-corrected chi connectivity index (χ3v) is 2.78. The average molecular weight is 220 g/mol. The number of nitrogens with one attached hydrogen (secondary N) is 2. The lowest BCUT2D eigenvalue weighted by Crippen LogP contribution is -2.63. The summed E-state index contributed by atoms with van der Waals surface area (Å²) < 4.78 is 5.10. The molecule has 0 spiro atoms. The van der Waals surface area contributed by atoms with Gasteiger partial charge in [-0.15, -0.1) is 0 Å². The smallest absolute Gasteiger partial charge is 0.407 e. The number of rotatable bonds is 3. The van der Waals surface area contributed by atoms with Crippen LogP contribution in [0.15, 0.2) is 30.3 Å².